The zero-order valence-electron chi connectivity index (χ0n) is 21.0. The molecule has 1 unspecified atom stereocenters. The fraction of sp³-hybridized carbons (Fsp3) is 0.462. The molecule has 10 heteroatoms. The molecule has 36 heavy (non-hydrogen) atoms. The van der Waals surface area contributed by atoms with Crippen LogP contribution >= 0.6 is 0 Å². The SMILES string of the molecule is CCCc1ccc(=O)n(Cc2c(-c3ccc(N4CCCC(CC(=O)O)C4=O)c(CC)n3)nnn2C)c1. The number of hydrogen-bond donors (Lipinski definition) is 1. The quantitative estimate of drug-likeness (QED) is 0.487. The van der Waals surface area contributed by atoms with Gasteiger partial charge in [-0.15, -0.1) is 5.10 Å². The van der Waals surface area contributed by atoms with Gasteiger partial charge < -0.3 is 14.6 Å². The number of amides is 1. The minimum absolute atomic E-state index is 0.0981. The number of carboxylic acids is 1. The fourth-order valence-electron chi connectivity index (χ4n) is 4.78. The van der Waals surface area contributed by atoms with Crippen molar-refractivity contribution in [2.24, 2.45) is 13.0 Å². The molecule has 3 aromatic rings. The lowest BCUT2D eigenvalue weighted by atomic mass is 9.93. The topological polar surface area (TPSA) is 123 Å². The number of hydrogen-bond acceptors (Lipinski definition) is 6. The van der Waals surface area contributed by atoms with Crippen molar-refractivity contribution in [2.75, 3.05) is 11.4 Å². The smallest absolute Gasteiger partial charge is 0.304 e. The molecule has 1 saturated heterocycles. The summed E-state index contributed by atoms with van der Waals surface area (Å²) >= 11 is 0. The van der Waals surface area contributed by atoms with E-state index in [0.717, 1.165) is 36.2 Å². The molecule has 10 nitrogen and oxygen atoms in total. The van der Waals surface area contributed by atoms with Gasteiger partial charge in [0.05, 0.1) is 35.7 Å². The van der Waals surface area contributed by atoms with Crippen molar-refractivity contribution in [1.82, 2.24) is 24.5 Å². The Kier molecular flexibility index (Phi) is 7.61. The highest BCUT2D eigenvalue weighted by Crippen LogP contribution is 2.31. The van der Waals surface area contributed by atoms with E-state index in [2.05, 4.69) is 17.2 Å². The molecule has 0 bridgehead atoms. The monoisotopic (exact) mass is 492 g/mol. The molecular formula is C26H32N6O4. The predicted molar refractivity (Wildman–Crippen MR) is 135 cm³/mol. The van der Waals surface area contributed by atoms with E-state index in [1.165, 1.54) is 0 Å². The first-order valence-electron chi connectivity index (χ1n) is 12.4. The van der Waals surface area contributed by atoms with Crippen molar-refractivity contribution >= 4 is 17.6 Å². The molecule has 1 aliphatic rings. The van der Waals surface area contributed by atoms with Crippen LogP contribution in [0.3, 0.4) is 0 Å². The zero-order chi connectivity index (χ0) is 25.8. The van der Waals surface area contributed by atoms with E-state index in [0.29, 0.717) is 43.0 Å². The number of aromatic nitrogens is 5. The maximum Gasteiger partial charge on any atom is 0.304 e. The lowest BCUT2D eigenvalue weighted by Crippen LogP contribution is -2.42. The van der Waals surface area contributed by atoms with Crippen molar-refractivity contribution in [2.45, 2.75) is 58.9 Å². The first kappa shape index (κ1) is 25.3. The number of rotatable bonds is 9. The summed E-state index contributed by atoms with van der Waals surface area (Å²) < 4.78 is 3.32. The third kappa shape index (κ3) is 5.22. The first-order chi connectivity index (χ1) is 17.3. The second-order valence-corrected chi connectivity index (χ2v) is 9.20. The molecule has 1 atom stereocenters. The van der Waals surface area contributed by atoms with Crippen LogP contribution < -0.4 is 10.5 Å². The van der Waals surface area contributed by atoms with E-state index < -0.39 is 11.9 Å². The van der Waals surface area contributed by atoms with Crippen LogP contribution in [0.5, 0.6) is 0 Å². The molecule has 3 aromatic heterocycles. The van der Waals surface area contributed by atoms with Crippen molar-refractivity contribution in [1.29, 1.82) is 0 Å². The maximum absolute atomic E-state index is 13.0. The second-order valence-electron chi connectivity index (χ2n) is 9.20. The van der Waals surface area contributed by atoms with Crippen LogP contribution in [0.4, 0.5) is 5.69 Å². The summed E-state index contributed by atoms with van der Waals surface area (Å²) in [5.41, 5.74) is 4.38. The van der Waals surface area contributed by atoms with Crippen LogP contribution in [0.15, 0.2) is 35.3 Å². The number of pyridine rings is 2. The Morgan fingerprint density at radius 1 is 1.17 bits per heavy atom. The molecule has 0 aromatic carbocycles. The summed E-state index contributed by atoms with van der Waals surface area (Å²) in [6.45, 7) is 4.91. The lowest BCUT2D eigenvalue weighted by Gasteiger charge is -2.32. The van der Waals surface area contributed by atoms with Crippen molar-refractivity contribution < 1.29 is 14.7 Å². The molecule has 0 aliphatic carbocycles. The molecule has 0 radical (unpaired) electrons. The molecule has 0 saturated carbocycles. The molecule has 0 spiro atoms. The number of piperidine rings is 1. The lowest BCUT2D eigenvalue weighted by molar-refractivity contribution is -0.141. The molecule has 4 heterocycles. The molecule has 4 rings (SSSR count). The van der Waals surface area contributed by atoms with Crippen molar-refractivity contribution in [3.05, 3.63) is 57.8 Å². The Labute approximate surface area is 209 Å². The third-order valence-electron chi connectivity index (χ3n) is 6.64. The van der Waals surface area contributed by atoms with Gasteiger partial charge in [-0.25, -0.2) is 9.67 Å². The second kappa shape index (κ2) is 10.8. The van der Waals surface area contributed by atoms with E-state index in [-0.39, 0.29) is 17.9 Å². The van der Waals surface area contributed by atoms with Crippen molar-refractivity contribution in [3.63, 3.8) is 0 Å². The number of aliphatic carboxylic acids is 1. The van der Waals surface area contributed by atoms with Gasteiger partial charge in [-0.1, -0.05) is 31.5 Å². The highest BCUT2D eigenvalue weighted by atomic mass is 16.4. The normalized spacial score (nSPS) is 15.9. The average Bonchev–Trinajstić information content (AvgIpc) is 3.22. The van der Waals surface area contributed by atoms with Gasteiger partial charge >= 0.3 is 5.97 Å². The Balaban J connectivity index is 1.66. The van der Waals surface area contributed by atoms with E-state index in [9.17, 15) is 19.5 Å². The summed E-state index contributed by atoms with van der Waals surface area (Å²) in [4.78, 5) is 43.3. The van der Waals surface area contributed by atoms with Crippen LogP contribution in [-0.2, 0) is 36.0 Å². The molecular weight excluding hydrogens is 460 g/mol. The largest absolute Gasteiger partial charge is 0.481 e. The summed E-state index contributed by atoms with van der Waals surface area (Å²) in [6.07, 6.45) is 5.51. The highest BCUT2D eigenvalue weighted by molar-refractivity contribution is 5.97. The minimum Gasteiger partial charge on any atom is -0.481 e. The van der Waals surface area contributed by atoms with Gasteiger partial charge in [0, 0.05) is 31.8 Å². The van der Waals surface area contributed by atoms with Gasteiger partial charge in [0.1, 0.15) is 5.69 Å². The van der Waals surface area contributed by atoms with Gasteiger partial charge in [-0.05, 0) is 43.4 Å². The fourth-order valence-corrected chi connectivity index (χ4v) is 4.78. The summed E-state index contributed by atoms with van der Waals surface area (Å²) in [5, 5.41) is 17.7. The number of aryl methyl sites for hydroxylation is 3. The summed E-state index contributed by atoms with van der Waals surface area (Å²) in [7, 11) is 1.79. The van der Waals surface area contributed by atoms with Gasteiger partial charge in [0.2, 0.25) is 5.91 Å². The average molecular weight is 493 g/mol. The zero-order valence-corrected chi connectivity index (χ0v) is 21.0. The van der Waals surface area contributed by atoms with Gasteiger partial charge in [-0.2, -0.15) is 0 Å². The van der Waals surface area contributed by atoms with E-state index >= 15 is 0 Å². The van der Waals surface area contributed by atoms with Crippen LogP contribution in [0, 0.1) is 5.92 Å². The van der Waals surface area contributed by atoms with Gasteiger partial charge in [0.15, 0.2) is 0 Å². The summed E-state index contributed by atoms with van der Waals surface area (Å²) in [6, 6.07) is 7.12. The summed E-state index contributed by atoms with van der Waals surface area (Å²) in [5.74, 6) is -1.65. The van der Waals surface area contributed by atoms with E-state index in [1.807, 2.05) is 31.3 Å². The molecule has 1 fully saturated rings. The molecule has 1 N–H and O–H groups in total. The standard InChI is InChI=1S/C26H32N6O4/c1-4-7-17-9-12-23(33)31(15-17)16-22-25(28-29-30(22)3)20-10-11-21(19(5-2)27-20)32-13-6-8-18(26(32)36)14-24(34)35/h9-12,15,18H,4-8,13-14,16H2,1-3H3,(H,34,35). The third-order valence-corrected chi connectivity index (χ3v) is 6.64. The van der Waals surface area contributed by atoms with E-state index in [1.54, 1.807) is 27.3 Å². The van der Waals surface area contributed by atoms with Crippen LogP contribution in [0.1, 0.15) is 56.5 Å². The number of carbonyl (C=O) groups is 2. The number of anilines is 1. The Morgan fingerprint density at radius 2 is 1.97 bits per heavy atom. The van der Waals surface area contributed by atoms with E-state index in [4.69, 9.17) is 4.98 Å². The van der Waals surface area contributed by atoms with Crippen LogP contribution in [0.2, 0.25) is 0 Å². The van der Waals surface area contributed by atoms with Crippen molar-refractivity contribution in [3.8, 4) is 11.4 Å². The predicted octanol–water partition coefficient (Wildman–Crippen LogP) is 2.82. The van der Waals surface area contributed by atoms with Crippen LogP contribution in [0.25, 0.3) is 11.4 Å². The Bertz CT molecular complexity index is 1330. The highest BCUT2D eigenvalue weighted by Gasteiger charge is 2.32. The molecule has 190 valence electrons. The molecule has 1 amide bonds. The van der Waals surface area contributed by atoms with Crippen LogP contribution in [-0.4, -0.2) is 48.1 Å². The number of carboxylic acid groups (broad SMARTS) is 1. The minimum atomic E-state index is -0.964. The van der Waals surface area contributed by atoms with Gasteiger partial charge in [0.25, 0.3) is 5.56 Å². The maximum atomic E-state index is 13.0. The Hall–Kier alpha value is -3.82. The Morgan fingerprint density at radius 3 is 2.69 bits per heavy atom. The molecule has 1 aliphatic heterocycles. The first-order valence-corrected chi connectivity index (χ1v) is 12.4. The number of carbonyl (C=O) groups excluding carboxylic acids is 1. The van der Waals surface area contributed by atoms with Gasteiger partial charge in [-0.3, -0.25) is 14.4 Å². The number of nitrogens with zero attached hydrogens (tertiary/aromatic N) is 6.